The van der Waals surface area contributed by atoms with E-state index in [0.717, 1.165) is 50.6 Å². The van der Waals surface area contributed by atoms with E-state index in [4.69, 9.17) is 0 Å². The number of rotatable bonds is 2. The van der Waals surface area contributed by atoms with Gasteiger partial charge in [0.05, 0.1) is 5.56 Å². The molecule has 3 heterocycles. The van der Waals surface area contributed by atoms with Crippen LogP contribution in [0.2, 0.25) is 0 Å². The van der Waals surface area contributed by atoms with Gasteiger partial charge in [0, 0.05) is 45.5 Å². The molecule has 1 aromatic rings. The monoisotopic (exact) mass is 346 g/mol. The van der Waals surface area contributed by atoms with Crippen LogP contribution in [0.4, 0.5) is 5.82 Å². The number of aromatic nitrogens is 1. The Balaban J connectivity index is 0.00000121. The van der Waals surface area contributed by atoms with Gasteiger partial charge in [0.2, 0.25) is 0 Å². The maximum absolute atomic E-state index is 12.7. The highest BCUT2D eigenvalue weighted by molar-refractivity contribution is 5.99. The summed E-state index contributed by atoms with van der Waals surface area (Å²) in [5.41, 5.74) is 0.760. The third kappa shape index (κ3) is 4.24. The van der Waals surface area contributed by atoms with Gasteiger partial charge in [0.1, 0.15) is 5.82 Å². The maximum Gasteiger partial charge on any atom is 0.257 e. The number of pyridine rings is 1. The van der Waals surface area contributed by atoms with Crippen molar-refractivity contribution in [2.45, 2.75) is 19.3 Å². The number of halogens is 2. The van der Waals surface area contributed by atoms with Gasteiger partial charge in [-0.25, -0.2) is 4.98 Å². The van der Waals surface area contributed by atoms with E-state index in [0.29, 0.717) is 0 Å². The smallest absolute Gasteiger partial charge is 0.257 e. The Morgan fingerprint density at radius 1 is 1.05 bits per heavy atom. The van der Waals surface area contributed by atoms with Crippen LogP contribution in [-0.2, 0) is 0 Å². The van der Waals surface area contributed by atoms with E-state index in [9.17, 15) is 4.79 Å². The van der Waals surface area contributed by atoms with Gasteiger partial charge in [0.25, 0.3) is 5.91 Å². The third-order valence-electron chi connectivity index (χ3n) is 4.08. The molecule has 1 amide bonds. The van der Waals surface area contributed by atoms with Crippen molar-refractivity contribution in [3.8, 4) is 0 Å². The number of nitrogens with zero attached hydrogens (tertiary/aromatic N) is 3. The molecule has 1 N–H and O–H groups in total. The van der Waals surface area contributed by atoms with Crippen molar-refractivity contribution in [1.82, 2.24) is 15.2 Å². The van der Waals surface area contributed by atoms with Crippen LogP contribution in [0, 0.1) is 0 Å². The van der Waals surface area contributed by atoms with E-state index in [-0.39, 0.29) is 30.7 Å². The molecule has 124 valence electrons. The molecule has 3 rings (SSSR count). The van der Waals surface area contributed by atoms with Gasteiger partial charge < -0.3 is 15.1 Å². The van der Waals surface area contributed by atoms with Gasteiger partial charge in [-0.05, 0) is 31.4 Å². The lowest BCUT2D eigenvalue weighted by Crippen LogP contribution is -2.47. The molecule has 2 aliphatic rings. The summed E-state index contributed by atoms with van der Waals surface area (Å²) in [5, 5.41) is 3.28. The Labute approximate surface area is 144 Å². The van der Waals surface area contributed by atoms with Crippen LogP contribution in [0.5, 0.6) is 0 Å². The van der Waals surface area contributed by atoms with Crippen molar-refractivity contribution in [3.05, 3.63) is 23.9 Å². The first kappa shape index (κ1) is 19.0. The van der Waals surface area contributed by atoms with Crippen molar-refractivity contribution in [3.63, 3.8) is 0 Å². The van der Waals surface area contributed by atoms with E-state index in [2.05, 4.69) is 15.2 Å². The fraction of sp³-hybridized carbons (Fsp3) is 0.600. The number of hydrogen-bond donors (Lipinski definition) is 1. The maximum atomic E-state index is 12.7. The molecule has 2 saturated heterocycles. The molecule has 1 aromatic heterocycles. The number of hydrogen-bond acceptors (Lipinski definition) is 4. The van der Waals surface area contributed by atoms with Crippen LogP contribution in [0.25, 0.3) is 0 Å². The minimum Gasteiger partial charge on any atom is -0.356 e. The second-order valence-corrected chi connectivity index (χ2v) is 5.46. The fourth-order valence-corrected chi connectivity index (χ4v) is 2.96. The number of nitrogens with one attached hydrogen (secondary N) is 1. The van der Waals surface area contributed by atoms with Crippen LogP contribution in [-0.4, -0.2) is 55.1 Å². The SMILES string of the molecule is Cl.Cl.O=C(c1cccnc1N1CCCCC1)N1CCNCC1. The van der Waals surface area contributed by atoms with Gasteiger partial charge in [-0.1, -0.05) is 0 Å². The molecule has 0 aliphatic carbocycles. The van der Waals surface area contributed by atoms with E-state index < -0.39 is 0 Å². The predicted molar refractivity (Wildman–Crippen MR) is 93.6 cm³/mol. The largest absolute Gasteiger partial charge is 0.356 e. The summed E-state index contributed by atoms with van der Waals surface area (Å²) < 4.78 is 0. The lowest BCUT2D eigenvalue weighted by Gasteiger charge is -2.32. The number of piperidine rings is 1. The zero-order valence-corrected chi connectivity index (χ0v) is 14.3. The van der Waals surface area contributed by atoms with Crippen LogP contribution in [0.1, 0.15) is 29.6 Å². The van der Waals surface area contributed by atoms with Crippen molar-refractivity contribution >= 4 is 36.5 Å². The van der Waals surface area contributed by atoms with Crippen LogP contribution < -0.4 is 10.2 Å². The molecular weight excluding hydrogens is 323 g/mol. The summed E-state index contributed by atoms with van der Waals surface area (Å²) in [6.45, 7) is 5.36. The van der Waals surface area contributed by atoms with Crippen molar-refractivity contribution in [1.29, 1.82) is 0 Å². The lowest BCUT2D eigenvalue weighted by atomic mass is 10.1. The molecule has 2 fully saturated rings. The Morgan fingerprint density at radius 3 is 2.41 bits per heavy atom. The average Bonchev–Trinajstić information content (AvgIpc) is 2.56. The topological polar surface area (TPSA) is 48.5 Å². The summed E-state index contributed by atoms with van der Waals surface area (Å²) in [6.07, 6.45) is 5.46. The number of carbonyl (C=O) groups is 1. The Kier molecular flexibility index (Phi) is 7.93. The van der Waals surface area contributed by atoms with E-state index >= 15 is 0 Å². The minimum atomic E-state index is 0. The molecule has 0 bridgehead atoms. The molecule has 0 unspecified atom stereocenters. The van der Waals surface area contributed by atoms with Crippen LogP contribution >= 0.6 is 24.8 Å². The average molecular weight is 347 g/mol. The highest BCUT2D eigenvalue weighted by Crippen LogP contribution is 2.22. The summed E-state index contributed by atoms with van der Waals surface area (Å²) in [4.78, 5) is 21.4. The molecule has 22 heavy (non-hydrogen) atoms. The first-order chi connectivity index (χ1) is 9.86. The van der Waals surface area contributed by atoms with E-state index in [1.807, 2.05) is 17.0 Å². The van der Waals surface area contributed by atoms with Crippen LogP contribution in [0.3, 0.4) is 0 Å². The van der Waals surface area contributed by atoms with Gasteiger partial charge in [-0.3, -0.25) is 4.79 Å². The summed E-state index contributed by atoms with van der Waals surface area (Å²) in [6, 6.07) is 3.78. The number of anilines is 1. The standard InChI is InChI=1S/C15H22N4O.2ClH/c20-15(19-11-7-16-8-12-19)13-5-4-6-17-14(13)18-9-2-1-3-10-18;;/h4-6,16H,1-3,7-12H2;2*1H. The zero-order valence-electron chi connectivity index (χ0n) is 12.7. The van der Waals surface area contributed by atoms with E-state index in [1.165, 1.54) is 19.3 Å². The predicted octanol–water partition coefficient (Wildman–Crippen LogP) is 1.96. The molecule has 0 aromatic carbocycles. The van der Waals surface area contributed by atoms with Gasteiger partial charge >= 0.3 is 0 Å². The summed E-state index contributed by atoms with van der Waals surface area (Å²) >= 11 is 0. The fourth-order valence-electron chi connectivity index (χ4n) is 2.96. The Bertz CT molecular complexity index is 474. The summed E-state index contributed by atoms with van der Waals surface area (Å²) in [7, 11) is 0. The highest BCUT2D eigenvalue weighted by atomic mass is 35.5. The number of carbonyl (C=O) groups excluding carboxylic acids is 1. The molecule has 0 saturated carbocycles. The van der Waals surface area contributed by atoms with Crippen LogP contribution in [0.15, 0.2) is 18.3 Å². The molecule has 5 nitrogen and oxygen atoms in total. The Morgan fingerprint density at radius 2 is 1.73 bits per heavy atom. The first-order valence-corrected chi connectivity index (χ1v) is 7.56. The number of piperazine rings is 1. The second-order valence-electron chi connectivity index (χ2n) is 5.46. The highest BCUT2D eigenvalue weighted by Gasteiger charge is 2.24. The second kappa shape index (κ2) is 9.18. The van der Waals surface area contributed by atoms with Gasteiger partial charge in [-0.2, -0.15) is 0 Å². The molecular formula is C15H24Cl2N4O. The first-order valence-electron chi connectivity index (χ1n) is 7.56. The zero-order chi connectivity index (χ0) is 13.8. The molecule has 2 aliphatic heterocycles. The normalized spacial score (nSPS) is 18.2. The Hall–Kier alpha value is -1.04. The summed E-state index contributed by atoms with van der Waals surface area (Å²) in [5.74, 6) is 0.996. The van der Waals surface area contributed by atoms with Crippen molar-refractivity contribution in [2.75, 3.05) is 44.2 Å². The van der Waals surface area contributed by atoms with Crippen molar-refractivity contribution in [2.24, 2.45) is 0 Å². The molecule has 0 radical (unpaired) electrons. The van der Waals surface area contributed by atoms with Crippen molar-refractivity contribution < 1.29 is 4.79 Å². The number of amides is 1. The quantitative estimate of drug-likeness (QED) is 0.889. The van der Waals surface area contributed by atoms with Gasteiger partial charge in [-0.15, -0.1) is 24.8 Å². The molecule has 0 spiro atoms. The minimum absolute atomic E-state index is 0. The molecule has 7 heteroatoms. The van der Waals surface area contributed by atoms with Gasteiger partial charge in [0.15, 0.2) is 0 Å². The lowest BCUT2D eigenvalue weighted by molar-refractivity contribution is 0.0736. The van der Waals surface area contributed by atoms with E-state index in [1.54, 1.807) is 6.20 Å². The molecule has 0 atom stereocenters. The third-order valence-corrected chi connectivity index (χ3v) is 4.08.